The van der Waals surface area contributed by atoms with Crippen LogP contribution in [-0.4, -0.2) is 24.3 Å². The van der Waals surface area contributed by atoms with Crippen molar-refractivity contribution >= 4 is 28.9 Å². The third-order valence-corrected chi connectivity index (χ3v) is 4.55. The molecule has 1 amide bonds. The topological polar surface area (TPSA) is 73.9 Å². The number of nitrogens with zero attached hydrogens (tertiary/aromatic N) is 1. The fourth-order valence-electron chi connectivity index (χ4n) is 2.54. The van der Waals surface area contributed by atoms with Crippen LogP contribution in [0.3, 0.4) is 0 Å². The molecule has 134 valence electrons. The molecule has 0 saturated carbocycles. The molecule has 5 nitrogen and oxygen atoms in total. The van der Waals surface area contributed by atoms with E-state index in [4.69, 9.17) is 15.2 Å². The average molecular weight is 368 g/mol. The standard InChI is InChI=1S/C20H20N2O3S/c1-13-6-7-17(14(2)10-13)25-9-8-24-16-5-3-4-15(11-16)12-18-19(23)22-20(21)26-18/h3-7,10-12H,8-9H2,1-2H3,(H2,21,22,23)/b18-12+. The van der Waals surface area contributed by atoms with Gasteiger partial charge in [0.1, 0.15) is 24.7 Å². The fraction of sp³-hybridized carbons (Fsp3) is 0.200. The van der Waals surface area contributed by atoms with Crippen molar-refractivity contribution in [3.05, 3.63) is 64.1 Å². The normalized spacial score (nSPS) is 15.2. The summed E-state index contributed by atoms with van der Waals surface area (Å²) in [5.74, 6) is 1.28. The first-order chi connectivity index (χ1) is 12.5. The molecule has 0 unspecified atom stereocenters. The van der Waals surface area contributed by atoms with Crippen LogP contribution < -0.4 is 15.2 Å². The van der Waals surface area contributed by atoms with Crippen LogP contribution >= 0.6 is 11.8 Å². The Morgan fingerprint density at radius 2 is 1.92 bits per heavy atom. The van der Waals surface area contributed by atoms with Gasteiger partial charge < -0.3 is 15.2 Å². The zero-order valence-corrected chi connectivity index (χ0v) is 15.5. The predicted octanol–water partition coefficient (Wildman–Crippen LogP) is 3.69. The molecule has 2 aromatic rings. The Labute approximate surface area is 156 Å². The van der Waals surface area contributed by atoms with E-state index in [9.17, 15) is 4.79 Å². The molecule has 0 fully saturated rings. The Morgan fingerprint density at radius 3 is 2.65 bits per heavy atom. The summed E-state index contributed by atoms with van der Waals surface area (Å²) in [7, 11) is 0. The van der Waals surface area contributed by atoms with Crippen LogP contribution in [0, 0.1) is 13.8 Å². The van der Waals surface area contributed by atoms with Crippen molar-refractivity contribution in [2.75, 3.05) is 13.2 Å². The first-order valence-corrected chi connectivity index (χ1v) is 9.04. The number of benzene rings is 2. The summed E-state index contributed by atoms with van der Waals surface area (Å²) in [6.07, 6.45) is 1.76. The Balaban J connectivity index is 1.54. The molecule has 1 aliphatic rings. The number of hydrogen-bond donors (Lipinski definition) is 1. The maximum atomic E-state index is 11.7. The Kier molecular flexibility index (Phi) is 5.63. The number of amides is 1. The molecule has 0 aromatic heterocycles. The molecule has 0 spiro atoms. The van der Waals surface area contributed by atoms with Crippen LogP contribution in [0.15, 0.2) is 52.4 Å². The lowest BCUT2D eigenvalue weighted by Gasteiger charge is -2.11. The summed E-state index contributed by atoms with van der Waals surface area (Å²) in [6.45, 7) is 4.96. The van der Waals surface area contributed by atoms with E-state index in [0.717, 1.165) is 16.9 Å². The highest BCUT2D eigenvalue weighted by Crippen LogP contribution is 2.27. The average Bonchev–Trinajstić information content (AvgIpc) is 2.91. The van der Waals surface area contributed by atoms with Gasteiger partial charge in [-0.05, 0) is 61.0 Å². The molecule has 0 radical (unpaired) electrons. The van der Waals surface area contributed by atoms with Gasteiger partial charge in [-0.25, -0.2) is 0 Å². The number of ether oxygens (including phenoxy) is 2. The number of carbonyl (C=O) groups is 1. The molecule has 2 aromatic carbocycles. The molecule has 0 bridgehead atoms. The van der Waals surface area contributed by atoms with Crippen molar-refractivity contribution in [1.29, 1.82) is 0 Å². The first kappa shape index (κ1) is 18.1. The lowest BCUT2D eigenvalue weighted by atomic mass is 10.1. The maximum absolute atomic E-state index is 11.7. The van der Waals surface area contributed by atoms with Gasteiger partial charge in [0.05, 0.1) is 4.91 Å². The molecule has 6 heteroatoms. The van der Waals surface area contributed by atoms with Crippen LogP contribution in [-0.2, 0) is 4.79 Å². The van der Waals surface area contributed by atoms with E-state index < -0.39 is 0 Å². The maximum Gasteiger partial charge on any atom is 0.286 e. The molecule has 26 heavy (non-hydrogen) atoms. The van der Waals surface area contributed by atoms with Gasteiger partial charge in [0, 0.05) is 0 Å². The zero-order chi connectivity index (χ0) is 18.5. The smallest absolute Gasteiger partial charge is 0.286 e. The van der Waals surface area contributed by atoms with E-state index in [1.807, 2.05) is 43.3 Å². The zero-order valence-electron chi connectivity index (χ0n) is 14.7. The summed E-state index contributed by atoms with van der Waals surface area (Å²) in [5, 5.41) is 0.275. The second-order valence-electron chi connectivity index (χ2n) is 5.90. The van der Waals surface area contributed by atoms with Crippen molar-refractivity contribution in [3.8, 4) is 11.5 Å². The van der Waals surface area contributed by atoms with Gasteiger partial charge in [-0.1, -0.05) is 29.8 Å². The summed E-state index contributed by atoms with van der Waals surface area (Å²) >= 11 is 1.17. The van der Waals surface area contributed by atoms with Gasteiger partial charge in [-0.3, -0.25) is 4.79 Å². The van der Waals surface area contributed by atoms with Crippen LogP contribution in [0.1, 0.15) is 16.7 Å². The van der Waals surface area contributed by atoms with Crippen molar-refractivity contribution in [2.45, 2.75) is 13.8 Å². The SMILES string of the molecule is Cc1ccc(OCCOc2cccc(/C=C3/SC(N)=NC3=O)c2)c(C)c1. The Bertz CT molecular complexity index is 890. The fourth-order valence-corrected chi connectivity index (χ4v) is 3.23. The van der Waals surface area contributed by atoms with Gasteiger partial charge in [0.2, 0.25) is 0 Å². The third-order valence-electron chi connectivity index (χ3n) is 3.73. The second kappa shape index (κ2) is 8.10. The van der Waals surface area contributed by atoms with E-state index in [1.54, 1.807) is 6.08 Å². The van der Waals surface area contributed by atoms with Gasteiger partial charge >= 0.3 is 0 Å². The number of rotatable bonds is 6. The van der Waals surface area contributed by atoms with Crippen molar-refractivity contribution in [2.24, 2.45) is 10.7 Å². The minimum atomic E-state index is -0.305. The molecule has 0 atom stereocenters. The monoisotopic (exact) mass is 368 g/mol. The number of aryl methyl sites for hydroxylation is 2. The van der Waals surface area contributed by atoms with Gasteiger partial charge in [0.25, 0.3) is 5.91 Å². The van der Waals surface area contributed by atoms with Crippen LogP contribution in [0.25, 0.3) is 6.08 Å². The number of amidine groups is 1. The quantitative estimate of drug-likeness (QED) is 0.622. The van der Waals surface area contributed by atoms with Crippen LogP contribution in [0.4, 0.5) is 0 Å². The molecule has 1 aliphatic heterocycles. The number of aliphatic imine (C=N–C) groups is 1. The highest BCUT2D eigenvalue weighted by atomic mass is 32.2. The van der Waals surface area contributed by atoms with Gasteiger partial charge in [0.15, 0.2) is 5.17 Å². The highest BCUT2D eigenvalue weighted by molar-refractivity contribution is 8.18. The predicted molar refractivity (Wildman–Crippen MR) is 106 cm³/mol. The van der Waals surface area contributed by atoms with E-state index in [0.29, 0.717) is 23.9 Å². The van der Waals surface area contributed by atoms with Gasteiger partial charge in [-0.15, -0.1) is 0 Å². The molecular weight excluding hydrogens is 348 g/mol. The van der Waals surface area contributed by atoms with Crippen molar-refractivity contribution in [3.63, 3.8) is 0 Å². The number of nitrogens with two attached hydrogens (primary N) is 1. The van der Waals surface area contributed by atoms with Crippen LogP contribution in [0.2, 0.25) is 0 Å². The number of carbonyl (C=O) groups excluding carboxylic acids is 1. The van der Waals surface area contributed by atoms with E-state index in [2.05, 4.69) is 18.0 Å². The number of hydrogen-bond acceptors (Lipinski definition) is 5. The van der Waals surface area contributed by atoms with Crippen LogP contribution in [0.5, 0.6) is 11.5 Å². The summed E-state index contributed by atoms with van der Waals surface area (Å²) < 4.78 is 11.5. The molecule has 1 heterocycles. The minimum absolute atomic E-state index is 0.275. The lowest BCUT2D eigenvalue weighted by molar-refractivity contribution is -0.113. The lowest BCUT2D eigenvalue weighted by Crippen LogP contribution is -2.09. The minimum Gasteiger partial charge on any atom is -0.490 e. The second-order valence-corrected chi connectivity index (χ2v) is 6.97. The first-order valence-electron chi connectivity index (χ1n) is 8.22. The Morgan fingerprint density at radius 1 is 1.12 bits per heavy atom. The molecule has 2 N–H and O–H groups in total. The highest BCUT2D eigenvalue weighted by Gasteiger charge is 2.19. The third kappa shape index (κ3) is 4.67. The molecular formula is C20H20N2O3S. The van der Waals surface area contributed by atoms with Crippen molar-refractivity contribution in [1.82, 2.24) is 0 Å². The summed E-state index contributed by atoms with van der Waals surface area (Å²) in [5.41, 5.74) is 8.74. The van der Waals surface area contributed by atoms with Crippen molar-refractivity contribution < 1.29 is 14.3 Å². The molecule has 0 aliphatic carbocycles. The molecule has 3 rings (SSSR count). The van der Waals surface area contributed by atoms with E-state index in [1.165, 1.54) is 17.3 Å². The summed E-state index contributed by atoms with van der Waals surface area (Å²) in [4.78, 5) is 15.9. The van der Waals surface area contributed by atoms with E-state index in [-0.39, 0.29) is 11.1 Å². The number of thioether (sulfide) groups is 1. The van der Waals surface area contributed by atoms with Gasteiger partial charge in [-0.2, -0.15) is 4.99 Å². The largest absolute Gasteiger partial charge is 0.490 e. The van der Waals surface area contributed by atoms with E-state index >= 15 is 0 Å². The Hall–Kier alpha value is -2.73. The summed E-state index contributed by atoms with van der Waals surface area (Å²) in [6, 6.07) is 13.6. The molecule has 0 saturated heterocycles.